The van der Waals surface area contributed by atoms with E-state index in [1.807, 2.05) is 0 Å². The molecule has 0 aliphatic heterocycles. The van der Waals surface area contributed by atoms with Gasteiger partial charge in [0, 0.05) is 0 Å². The number of carboxylic acid groups (broad SMARTS) is 1. The van der Waals surface area contributed by atoms with Crippen molar-refractivity contribution >= 4 is 16.0 Å². The first kappa shape index (κ1) is 15.0. The minimum atomic E-state index is -3.68. The van der Waals surface area contributed by atoms with Crippen molar-refractivity contribution in [1.29, 1.82) is 0 Å². The van der Waals surface area contributed by atoms with Crippen molar-refractivity contribution in [2.45, 2.75) is 17.9 Å². The first-order valence-electron chi connectivity index (χ1n) is 5.28. The highest BCUT2D eigenvalue weighted by Crippen LogP contribution is 2.16. The van der Waals surface area contributed by atoms with Gasteiger partial charge in [0.1, 0.15) is 5.75 Å². The Hall–Kier alpha value is -2.04. The van der Waals surface area contributed by atoms with Gasteiger partial charge in [-0.15, -0.1) is 6.42 Å². The summed E-state index contributed by atoms with van der Waals surface area (Å²) < 4.78 is 30.9. The molecule has 0 bridgehead atoms. The molecule has 1 rings (SSSR count). The van der Waals surface area contributed by atoms with Crippen LogP contribution in [-0.4, -0.2) is 32.1 Å². The van der Waals surface area contributed by atoms with Crippen LogP contribution in [0.1, 0.15) is 6.92 Å². The highest BCUT2D eigenvalue weighted by atomic mass is 32.2. The van der Waals surface area contributed by atoms with Crippen molar-refractivity contribution in [2.75, 3.05) is 6.61 Å². The third-order valence-corrected chi connectivity index (χ3v) is 3.63. The van der Waals surface area contributed by atoms with Crippen molar-refractivity contribution in [3.05, 3.63) is 24.3 Å². The Morgan fingerprint density at radius 1 is 1.47 bits per heavy atom. The molecule has 0 saturated heterocycles. The molecule has 0 fully saturated rings. The van der Waals surface area contributed by atoms with E-state index in [1.165, 1.54) is 24.3 Å². The van der Waals surface area contributed by atoms with Gasteiger partial charge in [0.05, 0.1) is 10.9 Å². The van der Waals surface area contributed by atoms with Crippen LogP contribution in [0.5, 0.6) is 5.75 Å². The molecule has 0 aromatic heterocycles. The molecule has 0 heterocycles. The molecular weight excluding hydrogens is 270 g/mol. The van der Waals surface area contributed by atoms with Gasteiger partial charge in [-0.25, -0.2) is 13.2 Å². The maximum Gasteiger partial charge on any atom is 0.341 e. The van der Waals surface area contributed by atoms with Gasteiger partial charge < -0.3 is 9.84 Å². The summed E-state index contributed by atoms with van der Waals surface area (Å²) in [5.74, 6) is 1.41. The van der Waals surface area contributed by atoms with Crippen LogP contribution in [-0.2, 0) is 14.8 Å². The Bertz CT molecular complexity index is 586. The molecule has 7 heteroatoms. The monoisotopic (exact) mass is 283 g/mol. The first-order chi connectivity index (χ1) is 8.85. The number of nitrogens with one attached hydrogen (secondary N) is 1. The number of hydrogen-bond acceptors (Lipinski definition) is 4. The quantitative estimate of drug-likeness (QED) is 0.739. The van der Waals surface area contributed by atoms with Gasteiger partial charge in [0.15, 0.2) is 6.61 Å². The topological polar surface area (TPSA) is 92.7 Å². The summed E-state index contributed by atoms with van der Waals surface area (Å²) in [6.45, 7) is 1.06. The maximum absolute atomic E-state index is 11.8. The van der Waals surface area contributed by atoms with E-state index >= 15 is 0 Å². The average Bonchev–Trinajstić information content (AvgIpc) is 2.36. The van der Waals surface area contributed by atoms with Gasteiger partial charge in [-0.3, -0.25) is 0 Å². The lowest BCUT2D eigenvalue weighted by Gasteiger charge is -2.09. The zero-order valence-corrected chi connectivity index (χ0v) is 11.0. The van der Waals surface area contributed by atoms with E-state index in [-0.39, 0.29) is 10.6 Å². The summed E-state index contributed by atoms with van der Waals surface area (Å²) in [6, 6.07) is 4.75. The molecule has 2 N–H and O–H groups in total. The van der Waals surface area contributed by atoms with Gasteiger partial charge >= 0.3 is 5.97 Å². The molecule has 1 atom stereocenters. The Morgan fingerprint density at radius 2 is 2.05 bits per heavy atom. The van der Waals surface area contributed by atoms with Crippen LogP contribution >= 0.6 is 0 Å². The molecule has 1 unspecified atom stereocenters. The summed E-state index contributed by atoms with van der Waals surface area (Å²) in [6.07, 6.45) is 5.10. The zero-order valence-electron chi connectivity index (χ0n) is 10.2. The smallest absolute Gasteiger partial charge is 0.341 e. The molecule has 0 aliphatic carbocycles. The van der Waals surface area contributed by atoms with E-state index in [0.29, 0.717) is 0 Å². The number of aliphatic carboxylic acids is 1. The number of rotatable bonds is 6. The molecule has 0 amide bonds. The average molecular weight is 283 g/mol. The van der Waals surface area contributed by atoms with Gasteiger partial charge in [0.2, 0.25) is 10.0 Å². The summed E-state index contributed by atoms with van der Waals surface area (Å²) in [5, 5.41) is 8.44. The van der Waals surface area contributed by atoms with Crippen molar-refractivity contribution in [2.24, 2.45) is 0 Å². The first-order valence-corrected chi connectivity index (χ1v) is 6.76. The van der Waals surface area contributed by atoms with E-state index in [0.717, 1.165) is 0 Å². The van der Waals surface area contributed by atoms with Crippen molar-refractivity contribution in [3.63, 3.8) is 0 Å². The molecule has 0 saturated carbocycles. The Kier molecular flexibility index (Phi) is 4.92. The third-order valence-electron chi connectivity index (χ3n) is 2.08. The second kappa shape index (κ2) is 6.22. The fraction of sp³-hybridized carbons (Fsp3) is 0.250. The van der Waals surface area contributed by atoms with Gasteiger partial charge in [-0.2, -0.15) is 4.72 Å². The molecular formula is C12H13NO5S. The lowest BCUT2D eigenvalue weighted by molar-refractivity contribution is -0.139. The Balaban J connectivity index is 2.81. The van der Waals surface area contributed by atoms with Crippen LogP contribution in [0.25, 0.3) is 0 Å². The Labute approximate surface area is 111 Å². The molecule has 0 radical (unpaired) electrons. The van der Waals surface area contributed by atoms with E-state index in [9.17, 15) is 13.2 Å². The standard InChI is InChI=1S/C12H13NO5S/c1-3-9(2)13-19(16,17)11-6-4-10(5-7-11)18-8-12(14)15/h1,4-7,9,13H,8H2,2H3,(H,14,15). The summed E-state index contributed by atoms with van der Waals surface area (Å²) >= 11 is 0. The van der Waals surface area contributed by atoms with Crippen molar-refractivity contribution in [3.8, 4) is 18.1 Å². The van der Waals surface area contributed by atoms with Crippen LogP contribution in [0.2, 0.25) is 0 Å². The van der Waals surface area contributed by atoms with Crippen molar-refractivity contribution in [1.82, 2.24) is 4.72 Å². The fourth-order valence-electron chi connectivity index (χ4n) is 1.19. The second-order valence-electron chi connectivity index (χ2n) is 3.66. The number of sulfonamides is 1. The van der Waals surface area contributed by atoms with Crippen LogP contribution in [0.3, 0.4) is 0 Å². The van der Waals surface area contributed by atoms with Crippen LogP contribution in [0, 0.1) is 12.3 Å². The molecule has 1 aromatic carbocycles. The third kappa shape index (κ3) is 4.62. The molecule has 1 aromatic rings. The van der Waals surface area contributed by atoms with E-state index in [4.69, 9.17) is 16.3 Å². The molecule has 19 heavy (non-hydrogen) atoms. The minimum Gasteiger partial charge on any atom is -0.482 e. The van der Waals surface area contributed by atoms with E-state index in [2.05, 4.69) is 10.6 Å². The normalized spacial score (nSPS) is 12.4. The maximum atomic E-state index is 11.8. The minimum absolute atomic E-state index is 0.0253. The van der Waals surface area contributed by atoms with Crippen LogP contribution < -0.4 is 9.46 Å². The Morgan fingerprint density at radius 3 is 2.53 bits per heavy atom. The predicted molar refractivity (Wildman–Crippen MR) is 68.2 cm³/mol. The number of ether oxygens (including phenoxy) is 1. The second-order valence-corrected chi connectivity index (χ2v) is 5.38. The molecule has 0 aliphatic rings. The van der Waals surface area contributed by atoms with Gasteiger partial charge in [-0.05, 0) is 31.2 Å². The van der Waals surface area contributed by atoms with E-state index < -0.39 is 28.6 Å². The van der Waals surface area contributed by atoms with Crippen LogP contribution in [0.15, 0.2) is 29.2 Å². The van der Waals surface area contributed by atoms with Gasteiger partial charge in [0.25, 0.3) is 0 Å². The summed E-state index contributed by atoms with van der Waals surface area (Å²) in [4.78, 5) is 10.3. The van der Waals surface area contributed by atoms with Crippen LogP contribution in [0.4, 0.5) is 0 Å². The highest BCUT2D eigenvalue weighted by Gasteiger charge is 2.16. The number of carboxylic acids is 1. The number of hydrogen-bond donors (Lipinski definition) is 2. The van der Waals surface area contributed by atoms with E-state index in [1.54, 1.807) is 6.92 Å². The molecule has 6 nitrogen and oxygen atoms in total. The SMILES string of the molecule is C#CC(C)NS(=O)(=O)c1ccc(OCC(=O)O)cc1. The fourth-order valence-corrected chi connectivity index (χ4v) is 2.36. The summed E-state index contributed by atoms with van der Waals surface area (Å²) in [5.41, 5.74) is 0. The number of benzene rings is 1. The van der Waals surface area contributed by atoms with Crippen molar-refractivity contribution < 1.29 is 23.1 Å². The lowest BCUT2D eigenvalue weighted by atomic mass is 10.3. The number of terminal acetylenes is 1. The highest BCUT2D eigenvalue weighted by molar-refractivity contribution is 7.89. The lowest BCUT2D eigenvalue weighted by Crippen LogP contribution is -2.31. The predicted octanol–water partition coefficient (Wildman–Crippen LogP) is 0.450. The zero-order chi connectivity index (χ0) is 14.5. The molecule has 0 spiro atoms. The molecule has 102 valence electrons. The summed E-state index contributed by atoms with van der Waals surface area (Å²) in [7, 11) is -3.68. The number of carbonyl (C=O) groups is 1. The van der Waals surface area contributed by atoms with Gasteiger partial charge in [-0.1, -0.05) is 5.92 Å². The largest absolute Gasteiger partial charge is 0.482 e.